The molecule has 1 aromatic heterocycles. The maximum absolute atomic E-state index is 5.73. The van der Waals surface area contributed by atoms with E-state index in [1.165, 1.54) is 5.01 Å². The molecule has 2 heterocycles. The van der Waals surface area contributed by atoms with E-state index in [2.05, 4.69) is 31.4 Å². The van der Waals surface area contributed by atoms with Crippen LogP contribution in [0.5, 0.6) is 0 Å². The van der Waals surface area contributed by atoms with Crippen LogP contribution in [-0.2, 0) is 0 Å². The smallest absolute Gasteiger partial charge is 0.234 e. The topological polar surface area (TPSA) is 92.6 Å². The molecule has 0 unspecified atom stereocenters. The summed E-state index contributed by atoms with van der Waals surface area (Å²) in [5.41, 5.74) is 10.2. The molecule has 1 aliphatic rings. The first-order valence-electron chi connectivity index (χ1n) is 5.54. The Morgan fingerprint density at radius 3 is 2.89 bits per heavy atom. The number of aromatic nitrogens is 1. The maximum Gasteiger partial charge on any atom is 0.234 e. The molecule has 1 aromatic carbocycles. The molecule has 0 saturated heterocycles. The van der Waals surface area contributed by atoms with Gasteiger partial charge in [0, 0.05) is 16.1 Å². The number of rotatable bonds is 1. The average Bonchev–Trinajstić information content (AvgIpc) is 2.70. The van der Waals surface area contributed by atoms with Gasteiger partial charge in [0.25, 0.3) is 0 Å². The highest BCUT2D eigenvalue weighted by Crippen LogP contribution is 2.20. The average molecular weight is 319 g/mol. The summed E-state index contributed by atoms with van der Waals surface area (Å²) in [5, 5.41) is 6.16. The normalized spacial score (nSPS) is 16.8. The van der Waals surface area contributed by atoms with Crippen LogP contribution < -0.4 is 17.0 Å². The minimum Gasteiger partial charge on any atom is -0.367 e. The SMILES string of the molecule is NC1=NNC(=Cc2ccc3ncc(Br)cc3c2)N1N. The molecule has 5 N–H and O–H groups in total. The zero-order chi connectivity index (χ0) is 13.4. The zero-order valence-corrected chi connectivity index (χ0v) is 11.4. The number of benzene rings is 1. The van der Waals surface area contributed by atoms with Crippen LogP contribution in [0.4, 0.5) is 0 Å². The highest BCUT2D eigenvalue weighted by Gasteiger charge is 2.15. The summed E-state index contributed by atoms with van der Waals surface area (Å²) in [6.45, 7) is 0. The van der Waals surface area contributed by atoms with Crippen LogP contribution in [0.15, 0.2) is 45.9 Å². The predicted molar refractivity (Wildman–Crippen MR) is 78.2 cm³/mol. The number of hydrogen-bond acceptors (Lipinski definition) is 6. The van der Waals surface area contributed by atoms with E-state index in [1.54, 1.807) is 6.20 Å². The van der Waals surface area contributed by atoms with Gasteiger partial charge in [0.2, 0.25) is 5.96 Å². The van der Waals surface area contributed by atoms with E-state index in [0.29, 0.717) is 5.82 Å². The number of fused-ring (bicyclic) bond motifs is 1. The molecule has 1 aliphatic heterocycles. The molecule has 7 heteroatoms. The van der Waals surface area contributed by atoms with Crippen molar-refractivity contribution in [2.24, 2.45) is 16.7 Å². The third kappa shape index (κ3) is 2.25. The van der Waals surface area contributed by atoms with Crippen molar-refractivity contribution in [2.45, 2.75) is 0 Å². The minimum absolute atomic E-state index is 0.233. The molecule has 3 rings (SSSR count). The summed E-state index contributed by atoms with van der Waals surface area (Å²) in [6, 6.07) is 7.94. The number of nitrogens with zero attached hydrogens (tertiary/aromatic N) is 3. The van der Waals surface area contributed by atoms with Gasteiger partial charge in [-0.2, -0.15) is 0 Å². The first-order chi connectivity index (χ1) is 9.13. The van der Waals surface area contributed by atoms with Crippen LogP contribution in [0.2, 0.25) is 0 Å². The van der Waals surface area contributed by atoms with E-state index in [1.807, 2.05) is 30.3 Å². The Labute approximate surface area is 117 Å². The summed E-state index contributed by atoms with van der Waals surface area (Å²) >= 11 is 3.41. The van der Waals surface area contributed by atoms with Gasteiger partial charge in [-0.15, -0.1) is 5.10 Å². The fourth-order valence-electron chi connectivity index (χ4n) is 1.82. The molecule has 0 saturated carbocycles. The second-order valence-corrected chi connectivity index (χ2v) is 5.00. The zero-order valence-electron chi connectivity index (χ0n) is 9.84. The largest absolute Gasteiger partial charge is 0.367 e. The molecule has 0 fully saturated rings. The molecular weight excluding hydrogens is 308 g/mol. The molecule has 2 aromatic rings. The lowest BCUT2D eigenvalue weighted by Gasteiger charge is -2.10. The summed E-state index contributed by atoms with van der Waals surface area (Å²) in [7, 11) is 0. The van der Waals surface area contributed by atoms with Gasteiger partial charge in [0.1, 0.15) is 5.82 Å². The fourth-order valence-corrected chi connectivity index (χ4v) is 2.17. The van der Waals surface area contributed by atoms with Crippen LogP contribution >= 0.6 is 15.9 Å². The maximum atomic E-state index is 5.73. The lowest BCUT2D eigenvalue weighted by molar-refractivity contribution is 0.541. The Kier molecular flexibility index (Phi) is 2.84. The minimum atomic E-state index is 0.233. The van der Waals surface area contributed by atoms with Crippen molar-refractivity contribution in [3.8, 4) is 0 Å². The van der Waals surface area contributed by atoms with Crippen LogP contribution in [0.3, 0.4) is 0 Å². The molecule has 6 nitrogen and oxygen atoms in total. The Morgan fingerprint density at radius 1 is 1.32 bits per heavy atom. The predicted octanol–water partition coefficient (Wildman–Crippen LogP) is 1.30. The molecule has 19 heavy (non-hydrogen) atoms. The van der Waals surface area contributed by atoms with Gasteiger partial charge >= 0.3 is 0 Å². The number of nitrogens with one attached hydrogen (secondary N) is 1. The molecular formula is C12H11BrN6. The molecule has 0 atom stereocenters. The molecule has 0 spiro atoms. The number of hydrazine groups is 1. The Bertz CT molecular complexity index is 708. The van der Waals surface area contributed by atoms with Gasteiger partial charge in [0.15, 0.2) is 0 Å². The van der Waals surface area contributed by atoms with Crippen molar-refractivity contribution in [1.29, 1.82) is 0 Å². The first kappa shape index (κ1) is 11.9. The van der Waals surface area contributed by atoms with Gasteiger partial charge in [-0.3, -0.25) is 10.4 Å². The molecule has 0 aliphatic carbocycles. The summed E-state index contributed by atoms with van der Waals surface area (Å²) in [6.07, 6.45) is 3.64. The third-order valence-electron chi connectivity index (χ3n) is 2.77. The Balaban J connectivity index is 2.00. The van der Waals surface area contributed by atoms with Gasteiger partial charge in [-0.25, -0.2) is 10.9 Å². The van der Waals surface area contributed by atoms with Crippen molar-refractivity contribution < 1.29 is 0 Å². The summed E-state index contributed by atoms with van der Waals surface area (Å²) in [4.78, 5) is 4.32. The van der Waals surface area contributed by atoms with Crippen molar-refractivity contribution in [3.05, 3.63) is 46.3 Å². The van der Waals surface area contributed by atoms with Crippen molar-refractivity contribution >= 4 is 38.9 Å². The van der Waals surface area contributed by atoms with Gasteiger partial charge in [-0.05, 0) is 45.8 Å². The summed E-state index contributed by atoms with van der Waals surface area (Å²) < 4.78 is 0.942. The quantitative estimate of drug-likeness (QED) is 0.689. The van der Waals surface area contributed by atoms with E-state index in [4.69, 9.17) is 11.6 Å². The van der Waals surface area contributed by atoms with Crippen molar-refractivity contribution in [1.82, 2.24) is 15.4 Å². The van der Waals surface area contributed by atoms with E-state index in [0.717, 1.165) is 20.9 Å². The van der Waals surface area contributed by atoms with E-state index in [9.17, 15) is 0 Å². The number of hydrogen-bond donors (Lipinski definition) is 3. The van der Waals surface area contributed by atoms with Gasteiger partial charge in [0.05, 0.1) is 5.52 Å². The van der Waals surface area contributed by atoms with E-state index < -0.39 is 0 Å². The lowest BCUT2D eigenvalue weighted by atomic mass is 10.1. The highest BCUT2D eigenvalue weighted by molar-refractivity contribution is 9.10. The molecule has 0 radical (unpaired) electrons. The number of halogens is 1. The van der Waals surface area contributed by atoms with Crippen molar-refractivity contribution in [2.75, 3.05) is 0 Å². The van der Waals surface area contributed by atoms with E-state index >= 15 is 0 Å². The summed E-state index contributed by atoms with van der Waals surface area (Å²) in [5.74, 6) is 6.59. The number of guanidine groups is 1. The fraction of sp³-hybridized carbons (Fsp3) is 0. The number of hydrazone groups is 1. The van der Waals surface area contributed by atoms with E-state index in [-0.39, 0.29) is 5.96 Å². The molecule has 0 bridgehead atoms. The molecule has 0 amide bonds. The number of nitrogens with two attached hydrogens (primary N) is 2. The van der Waals surface area contributed by atoms with Crippen LogP contribution in [-0.4, -0.2) is 16.0 Å². The molecule has 96 valence electrons. The van der Waals surface area contributed by atoms with Gasteiger partial charge in [-0.1, -0.05) is 6.07 Å². The second-order valence-electron chi connectivity index (χ2n) is 4.09. The highest BCUT2D eigenvalue weighted by atomic mass is 79.9. The van der Waals surface area contributed by atoms with Crippen molar-refractivity contribution in [3.63, 3.8) is 0 Å². The van der Waals surface area contributed by atoms with Crippen LogP contribution in [0.25, 0.3) is 17.0 Å². The Hall–Kier alpha value is -2.12. The van der Waals surface area contributed by atoms with Crippen LogP contribution in [0, 0.1) is 0 Å². The van der Waals surface area contributed by atoms with Crippen LogP contribution in [0.1, 0.15) is 5.56 Å². The first-order valence-corrected chi connectivity index (χ1v) is 6.34. The standard InChI is InChI=1S/C12H11BrN6/c13-9-5-8-3-7(1-2-10(8)16-6-9)4-11-17-18-12(14)19(11)15/h1-6,17H,15H2,(H2,14,18). The lowest BCUT2D eigenvalue weighted by Crippen LogP contribution is -2.38. The van der Waals surface area contributed by atoms with Gasteiger partial charge < -0.3 is 5.73 Å². The monoisotopic (exact) mass is 318 g/mol. The third-order valence-corrected chi connectivity index (χ3v) is 3.20. The Morgan fingerprint density at radius 2 is 2.16 bits per heavy atom. The number of pyridine rings is 1. The second kappa shape index (κ2) is 4.52.